The highest BCUT2D eigenvalue weighted by molar-refractivity contribution is 5.79. The third-order valence-corrected chi connectivity index (χ3v) is 5.71. The van der Waals surface area contributed by atoms with Crippen LogP contribution in [0.1, 0.15) is 13.8 Å². The molecule has 0 amide bonds. The maximum absolute atomic E-state index is 13.4. The molecule has 0 N–H and O–H groups in total. The van der Waals surface area contributed by atoms with Gasteiger partial charge in [0.25, 0.3) is 5.56 Å². The smallest absolute Gasteiger partial charge is 0.333 e. The lowest BCUT2D eigenvalue weighted by Gasteiger charge is -2.33. The molecule has 0 fully saturated rings. The van der Waals surface area contributed by atoms with Crippen LogP contribution in [0.5, 0.6) is 11.5 Å². The maximum atomic E-state index is 13.4. The Morgan fingerprint density at radius 1 is 1.18 bits per heavy atom. The van der Waals surface area contributed by atoms with E-state index in [1.807, 2.05) is 17.0 Å². The summed E-state index contributed by atoms with van der Waals surface area (Å²) < 4.78 is 19.8. The number of benzene rings is 1. The molecule has 0 radical (unpaired) electrons. The van der Waals surface area contributed by atoms with Gasteiger partial charge in [0.05, 0.1) is 26.5 Å². The molecule has 4 rings (SSSR count). The number of rotatable bonds is 6. The molecular weight excluding hydrogens is 430 g/mol. The molecule has 3 aromatic rings. The number of methoxy groups -OCH3 is 2. The number of hydrogen-bond donors (Lipinski definition) is 0. The molecule has 0 spiro atoms. The van der Waals surface area contributed by atoms with Crippen molar-refractivity contribution >= 4 is 28.8 Å². The fourth-order valence-corrected chi connectivity index (χ4v) is 4.19. The van der Waals surface area contributed by atoms with Crippen molar-refractivity contribution in [1.82, 2.24) is 18.7 Å². The molecule has 11 heteroatoms. The fraction of sp³-hybridized carbons (Fsp3) is 0.455. The first-order valence-corrected chi connectivity index (χ1v) is 10.7. The number of aromatic nitrogens is 4. The van der Waals surface area contributed by atoms with Crippen LogP contribution in [0.2, 0.25) is 0 Å². The Bertz CT molecular complexity index is 1340. The van der Waals surface area contributed by atoms with Gasteiger partial charge in [0, 0.05) is 26.2 Å². The summed E-state index contributed by atoms with van der Waals surface area (Å²) in [6.45, 7) is 4.61. The number of imidazole rings is 1. The Balaban J connectivity index is 1.94. The third-order valence-electron chi connectivity index (χ3n) is 5.71. The normalized spacial score (nSPS) is 15.4. The molecular formula is C22H27N5O6. The zero-order chi connectivity index (χ0) is 23.9. The van der Waals surface area contributed by atoms with Gasteiger partial charge in [0.1, 0.15) is 18.0 Å². The Hall–Kier alpha value is -3.76. The third kappa shape index (κ3) is 3.73. The van der Waals surface area contributed by atoms with E-state index >= 15 is 0 Å². The summed E-state index contributed by atoms with van der Waals surface area (Å²) >= 11 is 0. The van der Waals surface area contributed by atoms with Crippen molar-refractivity contribution in [3.8, 4) is 11.5 Å². The van der Waals surface area contributed by atoms with Crippen molar-refractivity contribution in [2.75, 3.05) is 32.3 Å². The van der Waals surface area contributed by atoms with Crippen molar-refractivity contribution < 1.29 is 19.0 Å². The molecule has 0 bridgehead atoms. The summed E-state index contributed by atoms with van der Waals surface area (Å²) in [6, 6.07) is 5.48. The minimum absolute atomic E-state index is 0.161. The lowest BCUT2D eigenvalue weighted by molar-refractivity contribution is -0.143. The zero-order valence-corrected chi connectivity index (χ0v) is 19.3. The highest BCUT2D eigenvalue weighted by Gasteiger charge is 2.31. The van der Waals surface area contributed by atoms with E-state index in [0.29, 0.717) is 30.5 Å². The number of carbonyl (C=O) groups is 1. The monoisotopic (exact) mass is 457 g/mol. The minimum Gasteiger partial charge on any atom is -0.497 e. The van der Waals surface area contributed by atoms with E-state index in [-0.39, 0.29) is 23.7 Å². The van der Waals surface area contributed by atoms with Crippen LogP contribution >= 0.6 is 0 Å². The Kier molecular flexibility index (Phi) is 5.88. The molecule has 3 heterocycles. The summed E-state index contributed by atoms with van der Waals surface area (Å²) in [5.74, 6) is 1.28. The Labute approximate surface area is 189 Å². The topological polar surface area (TPSA) is 110 Å². The average molecular weight is 457 g/mol. The summed E-state index contributed by atoms with van der Waals surface area (Å²) in [5, 5.41) is 0. The predicted molar refractivity (Wildman–Crippen MR) is 122 cm³/mol. The lowest BCUT2D eigenvalue weighted by atomic mass is 10.1. The van der Waals surface area contributed by atoms with Gasteiger partial charge in [-0.2, -0.15) is 4.98 Å². The number of aryl methyl sites for hydroxylation is 1. The highest BCUT2D eigenvalue weighted by atomic mass is 16.5. The second-order valence-corrected chi connectivity index (χ2v) is 7.99. The van der Waals surface area contributed by atoms with Gasteiger partial charge in [-0.3, -0.25) is 14.2 Å². The number of hydrogen-bond acceptors (Lipinski definition) is 8. The lowest BCUT2D eigenvalue weighted by Crippen LogP contribution is -2.42. The van der Waals surface area contributed by atoms with Crippen LogP contribution in [-0.2, 0) is 29.7 Å². The molecule has 1 aliphatic heterocycles. The number of nitrogens with zero attached hydrogens (tertiary/aromatic N) is 5. The molecule has 1 aliphatic rings. The van der Waals surface area contributed by atoms with Crippen molar-refractivity contribution in [1.29, 1.82) is 0 Å². The van der Waals surface area contributed by atoms with Gasteiger partial charge in [-0.25, -0.2) is 9.36 Å². The molecule has 1 aromatic carbocycles. The van der Waals surface area contributed by atoms with Gasteiger partial charge in [-0.15, -0.1) is 0 Å². The SMILES string of the molecule is CCOC(=O)Cn1c(=O)c2c(nc3n2C[C@H](C)CN3c2ccc(OC)cc2OC)n(C)c1=O. The van der Waals surface area contributed by atoms with Crippen LogP contribution in [0, 0.1) is 5.92 Å². The standard InChI is InChI=1S/C22H27N5O6/c1-6-33-17(28)12-27-20(29)18-19(24(3)22(27)30)23-21-25(10-13(2)11-26(18)21)15-8-7-14(31-4)9-16(15)32-5/h7-9,13H,6,10-12H2,1-5H3/t13-/m1/s1. The highest BCUT2D eigenvalue weighted by Crippen LogP contribution is 2.39. The van der Waals surface area contributed by atoms with Gasteiger partial charge in [0.15, 0.2) is 11.2 Å². The number of carbonyl (C=O) groups excluding carboxylic acids is 1. The van der Waals surface area contributed by atoms with Crippen LogP contribution in [0.25, 0.3) is 11.2 Å². The fourth-order valence-electron chi connectivity index (χ4n) is 4.19. The second-order valence-electron chi connectivity index (χ2n) is 7.99. The molecule has 0 unspecified atom stereocenters. The van der Waals surface area contributed by atoms with Crippen molar-refractivity contribution in [3.63, 3.8) is 0 Å². The van der Waals surface area contributed by atoms with Crippen molar-refractivity contribution in [3.05, 3.63) is 39.0 Å². The molecule has 0 saturated carbocycles. The van der Waals surface area contributed by atoms with Crippen LogP contribution < -0.4 is 25.6 Å². The second kappa shape index (κ2) is 8.64. The molecule has 0 aliphatic carbocycles. The first kappa shape index (κ1) is 22.4. The van der Waals surface area contributed by atoms with E-state index in [2.05, 4.69) is 11.9 Å². The zero-order valence-electron chi connectivity index (χ0n) is 19.3. The maximum Gasteiger partial charge on any atom is 0.333 e. The van der Waals surface area contributed by atoms with E-state index in [1.54, 1.807) is 31.8 Å². The minimum atomic E-state index is -0.646. The molecule has 2 aromatic heterocycles. The van der Waals surface area contributed by atoms with Crippen molar-refractivity contribution in [2.45, 2.75) is 26.9 Å². The van der Waals surface area contributed by atoms with Crippen LogP contribution in [0.3, 0.4) is 0 Å². The van der Waals surface area contributed by atoms with Crippen LogP contribution in [0.15, 0.2) is 27.8 Å². The number of fused-ring (bicyclic) bond motifs is 3. The van der Waals surface area contributed by atoms with Gasteiger partial charge < -0.3 is 23.7 Å². The summed E-state index contributed by atoms with van der Waals surface area (Å²) in [5.41, 5.74) is 0.0821. The van der Waals surface area contributed by atoms with E-state index in [0.717, 1.165) is 10.3 Å². The Morgan fingerprint density at radius 2 is 1.94 bits per heavy atom. The summed E-state index contributed by atoms with van der Waals surface area (Å²) in [4.78, 5) is 44.9. The summed E-state index contributed by atoms with van der Waals surface area (Å²) in [7, 11) is 4.69. The molecule has 0 saturated heterocycles. The number of esters is 1. The van der Waals surface area contributed by atoms with Crippen molar-refractivity contribution in [2.24, 2.45) is 13.0 Å². The molecule has 1 atom stereocenters. The van der Waals surface area contributed by atoms with Gasteiger partial charge in [-0.05, 0) is 25.0 Å². The molecule has 33 heavy (non-hydrogen) atoms. The first-order valence-electron chi connectivity index (χ1n) is 10.7. The van der Waals surface area contributed by atoms with Crippen LogP contribution in [-0.4, -0.2) is 52.0 Å². The van der Waals surface area contributed by atoms with E-state index in [9.17, 15) is 14.4 Å². The van der Waals surface area contributed by atoms with E-state index in [4.69, 9.17) is 14.2 Å². The summed E-state index contributed by atoms with van der Waals surface area (Å²) in [6.07, 6.45) is 0. The van der Waals surface area contributed by atoms with Gasteiger partial charge >= 0.3 is 11.7 Å². The molecule has 11 nitrogen and oxygen atoms in total. The first-order chi connectivity index (χ1) is 15.8. The number of ether oxygens (including phenoxy) is 3. The van der Waals surface area contributed by atoms with E-state index < -0.39 is 23.8 Å². The van der Waals surface area contributed by atoms with E-state index in [1.165, 1.54) is 11.6 Å². The van der Waals surface area contributed by atoms with Crippen LogP contribution in [0.4, 0.5) is 11.6 Å². The molecule has 176 valence electrons. The largest absolute Gasteiger partial charge is 0.497 e. The Morgan fingerprint density at radius 3 is 2.61 bits per heavy atom. The quantitative estimate of drug-likeness (QED) is 0.509. The van der Waals surface area contributed by atoms with Gasteiger partial charge in [-0.1, -0.05) is 6.92 Å². The average Bonchev–Trinajstić information content (AvgIpc) is 3.19. The predicted octanol–water partition coefficient (Wildman–Crippen LogP) is 1.26. The number of anilines is 2. The van der Waals surface area contributed by atoms with Gasteiger partial charge in [0.2, 0.25) is 5.95 Å².